The van der Waals surface area contributed by atoms with Crippen molar-refractivity contribution in [2.24, 2.45) is 0 Å². The zero-order valence-electron chi connectivity index (χ0n) is 14.3. The molecule has 5 heteroatoms. The second-order valence-corrected chi connectivity index (χ2v) is 5.96. The van der Waals surface area contributed by atoms with Crippen LogP contribution in [0.25, 0.3) is 0 Å². The average Bonchev–Trinajstić information content (AvgIpc) is 2.60. The molecule has 1 aromatic rings. The first kappa shape index (κ1) is 17.6. The van der Waals surface area contributed by atoms with Gasteiger partial charge in [-0.3, -0.25) is 4.79 Å². The number of amides is 1. The van der Waals surface area contributed by atoms with Crippen LogP contribution < -0.4 is 9.47 Å². The Balaban J connectivity index is 1.85. The molecule has 0 aromatic heterocycles. The van der Waals surface area contributed by atoms with Gasteiger partial charge < -0.3 is 19.1 Å². The normalized spacial score (nSPS) is 17.6. The molecule has 23 heavy (non-hydrogen) atoms. The van der Waals surface area contributed by atoms with Crippen LogP contribution in [0.15, 0.2) is 18.2 Å². The summed E-state index contributed by atoms with van der Waals surface area (Å²) in [6.45, 7) is 1.59. The Labute approximate surface area is 138 Å². The summed E-state index contributed by atoms with van der Waals surface area (Å²) in [5.41, 5.74) is 0.924. The van der Waals surface area contributed by atoms with E-state index < -0.39 is 0 Å². The third-order valence-corrected chi connectivity index (χ3v) is 4.29. The van der Waals surface area contributed by atoms with E-state index in [0.717, 1.165) is 38.0 Å². The Hall–Kier alpha value is -1.75. The summed E-state index contributed by atoms with van der Waals surface area (Å²) in [6, 6.07) is 5.59. The SMILES string of the molecule is COc1ccc(CC(=O)N(C)CCC2CCCCO2)cc1OC. The van der Waals surface area contributed by atoms with Gasteiger partial charge in [-0.1, -0.05) is 6.07 Å². The van der Waals surface area contributed by atoms with E-state index in [4.69, 9.17) is 14.2 Å². The quantitative estimate of drug-likeness (QED) is 0.775. The van der Waals surface area contributed by atoms with E-state index in [1.807, 2.05) is 25.2 Å². The minimum absolute atomic E-state index is 0.105. The van der Waals surface area contributed by atoms with Crippen molar-refractivity contribution in [3.63, 3.8) is 0 Å². The Morgan fingerprint density at radius 3 is 2.70 bits per heavy atom. The summed E-state index contributed by atoms with van der Waals surface area (Å²) in [5, 5.41) is 0. The molecule has 1 saturated heterocycles. The van der Waals surface area contributed by atoms with Gasteiger partial charge in [0.05, 0.1) is 26.7 Å². The first-order valence-electron chi connectivity index (χ1n) is 8.20. The standard InChI is InChI=1S/C18H27NO4/c1-19(10-9-15-6-4-5-11-23-15)18(20)13-14-7-8-16(21-2)17(12-14)22-3/h7-8,12,15H,4-6,9-11,13H2,1-3H3. The number of hydrogen-bond donors (Lipinski definition) is 0. The Kier molecular flexibility index (Phi) is 6.71. The molecule has 2 rings (SSSR count). The monoisotopic (exact) mass is 321 g/mol. The van der Waals surface area contributed by atoms with E-state index >= 15 is 0 Å². The van der Waals surface area contributed by atoms with Gasteiger partial charge >= 0.3 is 0 Å². The fourth-order valence-electron chi connectivity index (χ4n) is 2.80. The van der Waals surface area contributed by atoms with Crippen molar-refractivity contribution in [2.45, 2.75) is 38.2 Å². The second kappa shape index (κ2) is 8.77. The molecule has 0 aliphatic carbocycles. The average molecular weight is 321 g/mol. The van der Waals surface area contributed by atoms with E-state index in [-0.39, 0.29) is 5.91 Å². The van der Waals surface area contributed by atoms with E-state index in [2.05, 4.69) is 0 Å². The topological polar surface area (TPSA) is 48.0 Å². The van der Waals surface area contributed by atoms with Gasteiger partial charge in [-0.25, -0.2) is 0 Å². The second-order valence-electron chi connectivity index (χ2n) is 5.96. The van der Waals surface area contributed by atoms with Crippen LogP contribution in [-0.4, -0.2) is 51.3 Å². The van der Waals surface area contributed by atoms with Crippen LogP contribution in [0.4, 0.5) is 0 Å². The summed E-state index contributed by atoms with van der Waals surface area (Å²) in [4.78, 5) is 14.1. The minimum Gasteiger partial charge on any atom is -0.493 e. The maximum absolute atomic E-state index is 12.4. The van der Waals surface area contributed by atoms with E-state index in [1.165, 1.54) is 6.42 Å². The van der Waals surface area contributed by atoms with Gasteiger partial charge in [-0.05, 0) is 43.4 Å². The van der Waals surface area contributed by atoms with Gasteiger partial charge in [0, 0.05) is 20.2 Å². The number of nitrogens with zero attached hydrogens (tertiary/aromatic N) is 1. The van der Waals surface area contributed by atoms with Crippen LogP contribution in [-0.2, 0) is 16.0 Å². The molecule has 1 aliphatic rings. The Bertz CT molecular complexity index is 512. The van der Waals surface area contributed by atoms with Gasteiger partial charge in [-0.2, -0.15) is 0 Å². The highest BCUT2D eigenvalue weighted by molar-refractivity contribution is 5.78. The van der Waals surface area contributed by atoms with E-state index in [0.29, 0.717) is 24.0 Å². The number of likely N-dealkylation sites (N-methyl/N-ethyl adjacent to an activating group) is 1. The molecule has 0 saturated carbocycles. The van der Waals surface area contributed by atoms with Crippen molar-refractivity contribution in [1.29, 1.82) is 0 Å². The van der Waals surface area contributed by atoms with Crippen LogP contribution in [0.2, 0.25) is 0 Å². The van der Waals surface area contributed by atoms with Crippen LogP contribution in [0, 0.1) is 0 Å². The maximum atomic E-state index is 12.4. The van der Waals surface area contributed by atoms with Gasteiger partial charge in [0.15, 0.2) is 11.5 Å². The summed E-state index contributed by atoms with van der Waals surface area (Å²) in [5.74, 6) is 1.43. The van der Waals surface area contributed by atoms with Gasteiger partial charge in [0.1, 0.15) is 0 Å². The fraction of sp³-hybridized carbons (Fsp3) is 0.611. The molecule has 1 heterocycles. The lowest BCUT2D eigenvalue weighted by Gasteiger charge is -2.25. The molecule has 1 aromatic carbocycles. The van der Waals surface area contributed by atoms with E-state index in [1.54, 1.807) is 19.1 Å². The number of benzene rings is 1. The summed E-state index contributed by atoms with van der Waals surface area (Å²) in [6.07, 6.45) is 5.08. The number of methoxy groups -OCH3 is 2. The van der Waals surface area contributed by atoms with E-state index in [9.17, 15) is 4.79 Å². The van der Waals surface area contributed by atoms with Crippen molar-refractivity contribution in [2.75, 3.05) is 34.4 Å². The molecule has 0 N–H and O–H groups in total. The molecule has 0 bridgehead atoms. The third kappa shape index (κ3) is 5.13. The first-order valence-corrected chi connectivity index (χ1v) is 8.20. The lowest BCUT2D eigenvalue weighted by molar-refractivity contribution is -0.129. The lowest BCUT2D eigenvalue weighted by Crippen LogP contribution is -2.32. The highest BCUT2D eigenvalue weighted by Crippen LogP contribution is 2.27. The maximum Gasteiger partial charge on any atom is 0.226 e. The molecule has 0 radical (unpaired) electrons. The largest absolute Gasteiger partial charge is 0.493 e. The van der Waals surface area contributed by atoms with Crippen molar-refractivity contribution < 1.29 is 19.0 Å². The van der Waals surface area contributed by atoms with Gasteiger partial charge in [0.25, 0.3) is 0 Å². The number of ether oxygens (including phenoxy) is 3. The number of carbonyl (C=O) groups is 1. The summed E-state index contributed by atoms with van der Waals surface area (Å²) >= 11 is 0. The molecule has 128 valence electrons. The summed E-state index contributed by atoms with van der Waals surface area (Å²) < 4.78 is 16.2. The predicted molar refractivity (Wildman–Crippen MR) is 89.1 cm³/mol. The van der Waals surface area contributed by atoms with Gasteiger partial charge in [0.2, 0.25) is 5.91 Å². The summed E-state index contributed by atoms with van der Waals surface area (Å²) in [7, 11) is 5.05. The number of rotatable bonds is 7. The minimum atomic E-state index is 0.105. The number of carbonyl (C=O) groups excluding carboxylic acids is 1. The van der Waals surface area contributed by atoms with Crippen LogP contribution in [0.1, 0.15) is 31.2 Å². The van der Waals surface area contributed by atoms with Crippen molar-refractivity contribution >= 4 is 5.91 Å². The highest BCUT2D eigenvalue weighted by atomic mass is 16.5. The molecular weight excluding hydrogens is 294 g/mol. The molecule has 1 aliphatic heterocycles. The molecule has 1 unspecified atom stereocenters. The molecule has 1 atom stereocenters. The highest BCUT2D eigenvalue weighted by Gasteiger charge is 2.17. The lowest BCUT2D eigenvalue weighted by atomic mass is 10.1. The molecule has 1 amide bonds. The van der Waals surface area contributed by atoms with Crippen molar-refractivity contribution in [1.82, 2.24) is 4.90 Å². The Morgan fingerprint density at radius 1 is 1.26 bits per heavy atom. The zero-order chi connectivity index (χ0) is 16.7. The molecular formula is C18H27NO4. The Morgan fingerprint density at radius 2 is 2.04 bits per heavy atom. The van der Waals surface area contributed by atoms with Crippen LogP contribution >= 0.6 is 0 Å². The zero-order valence-corrected chi connectivity index (χ0v) is 14.3. The molecule has 0 spiro atoms. The molecule has 5 nitrogen and oxygen atoms in total. The predicted octanol–water partition coefficient (Wildman–Crippen LogP) is 2.66. The third-order valence-electron chi connectivity index (χ3n) is 4.29. The first-order chi connectivity index (χ1) is 11.1. The van der Waals surface area contributed by atoms with Crippen LogP contribution in [0.3, 0.4) is 0 Å². The fourth-order valence-corrected chi connectivity index (χ4v) is 2.80. The van der Waals surface area contributed by atoms with Crippen molar-refractivity contribution in [3.8, 4) is 11.5 Å². The number of hydrogen-bond acceptors (Lipinski definition) is 4. The smallest absolute Gasteiger partial charge is 0.226 e. The molecule has 1 fully saturated rings. The van der Waals surface area contributed by atoms with Crippen LogP contribution in [0.5, 0.6) is 11.5 Å². The van der Waals surface area contributed by atoms with Gasteiger partial charge in [-0.15, -0.1) is 0 Å². The van der Waals surface area contributed by atoms with Crippen molar-refractivity contribution in [3.05, 3.63) is 23.8 Å².